The molecule has 8 N–H and O–H groups in total. The molecule has 5 aromatic rings. The first-order chi connectivity index (χ1) is 24.1. The van der Waals surface area contributed by atoms with E-state index in [1.54, 1.807) is 10.8 Å². The van der Waals surface area contributed by atoms with Crippen LogP contribution in [0.1, 0.15) is 64.8 Å². The highest BCUT2D eigenvalue weighted by atomic mass is 19.1. The minimum absolute atomic E-state index is 0.0285. The van der Waals surface area contributed by atoms with Crippen LogP contribution < -0.4 is 32.9 Å². The molecule has 51 heavy (non-hydrogen) atoms. The Balaban J connectivity index is 0.000000238. The number of H-pyrrole nitrogens is 1. The highest BCUT2D eigenvalue weighted by Crippen LogP contribution is 2.32. The molecule has 0 saturated carbocycles. The topological polar surface area (TPSA) is 175 Å². The lowest BCUT2D eigenvalue weighted by molar-refractivity contribution is 0.201. The van der Waals surface area contributed by atoms with Gasteiger partial charge in [-0.2, -0.15) is 4.98 Å². The van der Waals surface area contributed by atoms with E-state index in [0.29, 0.717) is 17.9 Å². The first-order valence-electron chi connectivity index (χ1n) is 17.2. The molecule has 0 saturated heterocycles. The molecule has 2 aromatic carbocycles. The van der Waals surface area contributed by atoms with Gasteiger partial charge in [0.05, 0.1) is 5.69 Å². The van der Waals surface area contributed by atoms with Crippen molar-refractivity contribution in [2.75, 3.05) is 26.2 Å². The van der Waals surface area contributed by atoms with Crippen LogP contribution in [0.4, 0.5) is 4.39 Å². The number of guanidine groups is 1. The van der Waals surface area contributed by atoms with Gasteiger partial charge in [0.15, 0.2) is 5.96 Å². The Hall–Kier alpha value is -5.07. The van der Waals surface area contributed by atoms with Gasteiger partial charge in [0, 0.05) is 60.3 Å². The van der Waals surface area contributed by atoms with Crippen LogP contribution in [-0.4, -0.2) is 57.9 Å². The molecule has 0 radical (unpaired) electrons. The summed E-state index contributed by atoms with van der Waals surface area (Å²) in [7, 11) is 0. The van der Waals surface area contributed by atoms with E-state index in [2.05, 4.69) is 78.9 Å². The number of hydrogen-bond acceptors (Lipinski definition) is 7. The third kappa shape index (κ3) is 11.5. The van der Waals surface area contributed by atoms with E-state index in [-0.39, 0.29) is 35.6 Å². The maximum absolute atomic E-state index is 13.3. The number of alkyl halides is 1. The van der Waals surface area contributed by atoms with Crippen LogP contribution in [-0.2, 0) is 17.4 Å². The van der Waals surface area contributed by atoms with Crippen molar-refractivity contribution in [2.45, 2.75) is 71.5 Å². The second kappa shape index (κ2) is 17.2. The number of aromatic amines is 1. The van der Waals surface area contributed by atoms with E-state index >= 15 is 0 Å². The van der Waals surface area contributed by atoms with Crippen LogP contribution in [0, 0.1) is 0 Å². The van der Waals surface area contributed by atoms with Crippen molar-refractivity contribution in [1.82, 2.24) is 24.8 Å². The number of fused-ring (bicyclic) bond motifs is 1. The average molecular weight is 698 g/mol. The molecule has 12 heteroatoms. The van der Waals surface area contributed by atoms with Gasteiger partial charge in [0.1, 0.15) is 24.2 Å². The van der Waals surface area contributed by atoms with E-state index in [0.717, 1.165) is 58.5 Å². The van der Waals surface area contributed by atoms with E-state index in [1.807, 2.05) is 60.9 Å². The fraction of sp³-hybridized carbons (Fsp3) is 0.385. The van der Waals surface area contributed by atoms with Gasteiger partial charge >= 0.3 is 5.69 Å². The molecule has 3 aromatic heterocycles. The van der Waals surface area contributed by atoms with Crippen molar-refractivity contribution >= 4 is 17.0 Å². The Morgan fingerprint density at radius 3 is 2.39 bits per heavy atom. The van der Waals surface area contributed by atoms with Crippen LogP contribution in [0.25, 0.3) is 27.8 Å². The molecule has 5 rings (SSSR count). The molecule has 11 nitrogen and oxygen atoms in total. The molecule has 0 fully saturated rings. The Bertz CT molecular complexity index is 1940. The SMILES string of the molecule is CC(C)(C)c1cc(OC[C@H](F)CN)cc(-c2cccnc2)c1.CC(C)(C)c1cc2cn(-c3ccc(CNCCCN=C(N)N)cc3)c(=O)nc2[nH]1. The van der Waals surface area contributed by atoms with E-state index in [9.17, 15) is 9.18 Å². The third-order valence-electron chi connectivity index (χ3n) is 8.12. The Kier molecular flexibility index (Phi) is 13.1. The Labute approximate surface area is 299 Å². The number of benzene rings is 2. The number of aliphatic imine (C=N–C) groups is 1. The van der Waals surface area contributed by atoms with Crippen molar-refractivity contribution < 1.29 is 9.13 Å². The molecule has 1 atom stereocenters. The van der Waals surface area contributed by atoms with Gasteiger partial charge in [0.2, 0.25) is 0 Å². The molecule has 272 valence electrons. The summed E-state index contributed by atoms with van der Waals surface area (Å²) in [6, 6.07) is 19.8. The zero-order chi connectivity index (χ0) is 37.2. The first kappa shape index (κ1) is 38.7. The highest BCUT2D eigenvalue weighted by Gasteiger charge is 2.19. The number of nitrogens with zero attached hydrogens (tertiary/aromatic N) is 4. The summed E-state index contributed by atoms with van der Waals surface area (Å²) in [6.45, 7) is 14.9. The lowest BCUT2D eigenvalue weighted by Gasteiger charge is -2.21. The predicted molar refractivity (Wildman–Crippen MR) is 205 cm³/mol. The molecule has 0 bridgehead atoms. The number of pyridine rings is 1. The fourth-order valence-corrected chi connectivity index (χ4v) is 5.07. The van der Waals surface area contributed by atoms with Crippen LogP contribution in [0.2, 0.25) is 0 Å². The smallest absolute Gasteiger partial charge is 0.354 e. The van der Waals surface area contributed by atoms with Crippen molar-refractivity contribution in [3.63, 3.8) is 0 Å². The molecule has 0 aliphatic heterocycles. The zero-order valence-electron chi connectivity index (χ0n) is 30.5. The zero-order valence-corrected chi connectivity index (χ0v) is 30.5. The Morgan fingerprint density at radius 1 is 1.02 bits per heavy atom. The minimum atomic E-state index is -1.15. The summed E-state index contributed by atoms with van der Waals surface area (Å²) in [5, 5.41) is 4.27. The molecule has 3 heterocycles. The number of halogens is 1. The van der Waals surface area contributed by atoms with E-state index in [4.69, 9.17) is 21.9 Å². The highest BCUT2D eigenvalue weighted by molar-refractivity contribution is 5.76. The molecule has 0 unspecified atom stereocenters. The van der Waals surface area contributed by atoms with Gasteiger partial charge < -0.3 is 32.2 Å². The molecule has 0 spiro atoms. The quantitative estimate of drug-likeness (QED) is 0.0647. The molecule has 0 aliphatic rings. The minimum Gasteiger partial charge on any atom is -0.490 e. The van der Waals surface area contributed by atoms with Gasteiger partial charge in [0.25, 0.3) is 0 Å². The number of hydrogen-bond donors (Lipinski definition) is 5. The predicted octanol–water partition coefficient (Wildman–Crippen LogP) is 5.49. The van der Waals surface area contributed by atoms with Crippen LogP contribution in [0.3, 0.4) is 0 Å². The number of ether oxygens (including phenoxy) is 1. The van der Waals surface area contributed by atoms with E-state index in [1.165, 1.54) is 0 Å². The van der Waals surface area contributed by atoms with Crippen molar-refractivity contribution in [2.24, 2.45) is 22.2 Å². The van der Waals surface area contributed by atoms with Crippen LogP contribution >= 0.6 is 0 Å². The molecule has 0 amide bonds. The van der Waals surface area contributed by atoms with Crippen molar-refractivity contribution in [3.05, 3.63) is 107 Å². The molecular weight excluding hydrogens is 645 g/mol. The van der Waals surface area contributed by atoms with Gasteiger partial charge in [-0.3, -0.25) is 14.5 Å². The van der Waals surface area contributed by atoms with Crippen molar-refractivity contribution in [3.8, 4) is 22.6 Å². The lowest BCUT2D eigenvalue weighted by Crippen LogP contribution is -2.23. The van der Waals surface area contributed by atoms with Gasteiger partial charge in [-0.05, 0) is 71.5 Å². The third-order valence-corrected chi connectivity index (χ3v) is 8.12. The Morgan fingerprint density at radius 2 is 1.76 bits per heavy atom. The normalized spacial score (nSPS) is 12.2. The first-order valence-corrected chi connectivity index (χ1v) is 17.2. The van der Waals surface area contributed by atoms with Crippen molar-refractivity contribution in [1.29, 1.82) is 0 Å². The average Bonchev–Trinajstić information content (AvgIpc) is 3.52. The summed E-state index contributed by atoms with van der Waals surface area (Å²) in [5.41, 5.74) is 22.3. The summed E-state index contributed by atoms with van der Waals surface area (Å²) in [5.74, 6) is 0.778. The summed E-state index contributed by atoms with van der Waals surface area (Å²) >= 11 is 0. The van der Waals surface area contributed by atoms with Gasteiger partial charge in [-0.15, -0.1) is 0 Å². The summed E-state index contributed by atoms with van der Waals surface area (Å²) in [6.07, 6.45) is 5.10. The number of nitrogens with two attached hydrogens (primary N) is 3. The summed E-state index contributed by atoms with van der Waals surface area (Å²) < 4.78 is 20.5. The number of nitrogens with one attached hydrogen (secondary N) is 2. The van der Waals surface area contributed by atoms with Gasteiger partial charge in [-0.1, -0.05) is 65.8 Å². The molecular formula is C39H52FN9O2. The van der Waals surface area contributed by atoms with Crippen LogP contribution in [0.5, 0.6) is 5.75 Å². The number of rotatable bonds is 12. The standard InChI is InChI=1S/C21H29N7O.C18H23FN2O/c1-21(2,3)17-11-15-13-28(20(29)27-18(15)26-17)16-7-5-14(6-8-16)12-24-9-4-10-25-19(22)23;1-18(2,3)15-7-14(13-5-4-6-21-11-13)8-17(9-15)22-12-16(19)10-20/h5-8,11,13,24H,4,9-10,12H2,1-3H3,(H4,22,23,25)(H,26,27,29);4-9,11,16H,10,12,20H2,1-3H3/t;16-/m.1/s1. The summed E-state index contributed by atoms with van der Waals surface area (Å²) in [4.78, 5) is 28.1. The number of aromatic nitrogens is 4. The second-order valence-electron chi connectivity index (χ2n) is 14.5. The maximum atomic E-state index is 13.3. The lowest BCUT2D eigenvalue weighted by atomic mass is 9.85. The molecule has 0 aliphatic carbocycles. The van der Waals surface area contributed by atoms with E-state index < -0.39 is 6.17 Å². The fourth-order valence-electron chi connectivity index (χ4n) is 5.07. The monoisotopic (exact) mass is 697 g/mol. The van der Waals surface area contributed by atoms with Gasteiger partial charge in [-0.25, -0.2) is 9.18 Å². The largest absolute Gasteiger partial charge is 0.490 e. The second-order valence-corrected chi connectivity index (χ2v) is 14.5. The van der Waals surface area contributed by atoms with Crippen LogP contribution in [0.15, 0.2) is 89.0 Å². The maximum Gasteiger partial charge on any atom is 0.354 e.